The number of anilines is 1. The van der Waals surface area contributed by atoms with E-state index in [2.05, 4.69) is 21.2 Å². The van der Waals surface area contributed by atoms with E-state index in [-0.39, 0.29) is 18.5 Å². The molecule has 1 aliphatic rings. The number of hydrogen-bond donors (Lipinski definition) is 1. The Hall–Kier alpha value is -2.59. The van der Waals surface area contributed by atoms with Gasteiger partial charge >= 0.3 is 0 Å². The zero-order valence-electron chi connectivity index (χ0n) is 20.9. The number of methoxy groups -OCH3 is 1. The van der Waals surface area contributed by atoms with Crippen molar-refractivity contribution in [3.8, 4) is 5.75 Å². The molecule has 1 saturated carbocycles. The van der Waals surface area contributed by atoms with Gasteiger partial charge in [-0.2, -0.15) is 0 Å². The number of hydrogen-bond acceptors (Lipinski definition) is 5. The number of carbonyl (C=O) groups excluding carboxylic acids is 2. The molecule has 0 spiro atoms. The minimum Gasteiger partial charge on any atom is -0.497 e. The van der Waals surface area contributed by atoms with Gasteiger partial charge in [0.15, 0.2) is 0 Å². The van der Waals surface area contributed by atoms with Crippen molar-refractivity contribution >= 4 is 43.5 Å². The average molecular weight is 581 g/mol. The summed E-state index contributed by atoms with van der Waals surface area (Å²) in [6.07, 6.45) is 5.47. The van der Waals surface area contributed by atoms with Gasteiger partial charge in [0.25, 0.3) is 0 Å². The van der Waals surface area contributed by atoms with Gasteiger partial charge in [-0.3, -0.25) is 13.9 Å². The van der Waals surface area contributed by atoms with Crippen LogP contribution in [0.15, 0.2) is 53.0 Å². The highest BCUT2D eigenvalue weighted by molar-refractivity contribution is 9.10. The monoisotopic (exact) mass is 579 g/mol. The lowest BCUT2D eigenvalue weighted by Crippen LogP contribution is -2.53. The number of ether oxygens (including phenoxy) is 1. The average Bonchev–Trinajstić information content (AvgIpc) is 3.35. The third-order valence-corrected chi connectivity index (χ3v) is 8.04. The van der Waals surface area contributed by atoms with Crippen molar-refractivity contribution in [3.05, 3.63) is 58.6 Å². The van der Waals surface area contributed by atoms with E-state index in [1.165, 1.54) is 4.90 Å². The van der Waals surface area contributed by atoms with Crippen molar-refractivity contribution in [1.82, 2.24) is 10.2 Å². The van der Waals surface area contributed by atoms with Crippen molar-refractivity contribution in [2.75, 3.05) is 24.2 Å². The lowest BCUT2D eigenvalue weighted by atomic mass is 10.1. The molecule has 0 radical (unpaired) electrons. The summed E-state index contributed by atoms with van der Waals surface area (Å²) < 4.78 is 32.5. The Morgan fingerprint density at radius 2 is 1.81 bits per heavy atom. The van der Waals surface area contributed by atoms with Crippen molar-refractivity contribution in [3.63, 3.8) is 0 Å². The van der Waals surface area contributed by atoms with E-state index < -0.39 is 28.5 Å². The molecule has 1 aliphatic carbocycles. The molecule has 8 nitrogen and oxygen atoms in total. The van der Waals surface area contributed by atoms with E-state index in [0.29, 0.717) is 17.9 Å². The van der Waals surface area contributed by atoms with Crippen LogP contribution in [0.1, 0.15) is 44.6 Å². The Morgan fingerprint density at radius 3 is 2.39 bits per heavy atom. The molecule has 0 saturated heterocycles. The highest BCUT2D eigenvalue weighted by Gasteiger charge is 2.33. The second-order valence-electron chi connectivity index (χ2n) is 9.03. The molecule has 0 bridgehead atoms. The zero-order chi connectivity index (χ0) is 26.3. The summed E-state index contributed by atoms with van der Waals surface area (Å²) in [6.45, 7) is 1.58. The third kappa shape index (κ3) is 7.46. The summed E-state index contributed by atoms with van der Waals surface area (Å²) >= 11 is 3.35. The second-order valence-corrected chi connectivity index (χ2v) is 11.9. The summed E-state index contributed by atoms with van der Waals surface area (Å²) in [5.74, 6) is -0.0363. The molecule has 2 aromatic rings. The Balaban J connectivity index is 1.92. The maximum absolute atomic E-state index is 13.7. The lowest BCUT2D eigenvalue weighted by Gasteiger charge is -2.33. The summed E-state index contributed by atoms with van der Waals surface area (Å²) in [4.78, 5) is 28.5. The Bertz CT molecular complexity index is 1150. The van der Waals surface area contributed by atoms with Crippen molar-refractivity contribution < 1.29 is 22.7 Å². The van der Waals surface area contributed by atoms with Crippen LogP contribution in [0.4, 0.5) is 5.69 Å². The van der Waals surface area contributed by atoms with Crippen LogP contribution in [0, 0.1) is 0 Å². The largest absolute Gasteiger partial charge is 0.497 e. The minimum atomic E-state index is -3.76. The molecule has 1 fully saturated rings. The first-order chi connectivity index (χ1) is 17.1. The van der Waals surface area contributed by atoms with Crippen LogP contribution in [-0.4, -0.2) is 57.1 Å². The summed E-state index contributed by atoms with van der Waals surface area (Å²) in [5, 5.41) is 3.10. The molecule has 0 aliphatic heterocycles. The number of halogens is 1. The van der Waals surface area contributed by atoms with Crippen molar-refractivity contribution in [2.24, 2.45) is 0 Å². The number of rotatable bonds is 11. The predicted octanol–water partition coefficient (Wildman–Crippen LogP) is 4.09. The molecule has 1 atom stereocenters. The summed E-state index contributed by atoms with van der Waals surface area (Å²) in [6, 6.07) is 13.4. The molecule has 3 rings (SSSR count). The fourth-order valence-corrected chi connectivity index (χ4v) is 5.59. The number of nitrogens with zero attached hydrogens (tertiary/aromatic N) is 2. The van der Waals surface area contributed by atoms with Gasteiger partial charge in [0.1, 0.15) is 18.3 Å². The molecule has 1 N–H and O–H groups in total. The number of carbonyl (C=O) groups is 2. The van der Waals surface area contributed by atoms with Crippen LogP contribution in [0.5, 0.6) is 5.75 Å². The van der Waals surface area contributed by atoms with Crippen LogP contribution in [-0.2, 0) is 26.2 Å². The van der Waals surface area contributed by atoms with Gasteiger partial charge in [0, 0.05) is 17.1 Å². The first kappa shape index (κ1) is 28.0. The molecular weight excluding hydrogens is 546 g/mol. The van der Waals surface area contributed by atoms with E-state index in [1.54, 1.807) is 37.4 Å². The minimum absolute atomic E-state index is 0.107. The normalized spacial score (nSPS) is 14.8. The zero-order valence-corrected chi connectivity index (χ0v) is 23.3. The molecule has 2 aromatic carbocycles. The fraction of sp³-hybridized carbons (Fsp3) is 0.462. The van der Waals surface area contributed by atoms with E-state index in [1.807, 2.05) is 25.1 Å². The van der Waals surface area contributed by atoms with Crippen molar-refractivity contribution in [2.45, 2.75) is 57.7 Å². The van der Waals surface area contributed by atoms with Crippen LogP contribution in [0.3, 0.4) is 0 Å². The van der Waals surface area contributed by atoms with E-state index in [9.17, 15) is 18.0 Å². The Morgan fingerprint density at radius 1 is 1.14 bits per heavy atom. The molecular formula is C26H34BrN3O5S. The second kappa shape index (κ2) is 12.6. The maximum atomic E-state index is 13.7. The van der Waals surface area contributed by atoms with E-state index in [4.69, 9.17) is 4.74 Å². The molecule has 10 heteroatoms. The first-order valence-electron chi connectivity index (χ1n) is 12.1. The Kier molecular flexibility index (Phi) is 9.78. The van der Waals surface area contributed by atoms with Gasteiger partial charge in [-0.25, -0.2) is 8.42 Å². The molecule has 2 amide bonds. The Labute approximate surface area is 222 Å². The maximum Gasteiger partial charge on any atom is 0.244 e. The summed E-state index contributed by atoms with van der Waals surface area (Å²) in [5.41, 5.74) is 1.16. The summed E-state index contributed by atoms with van der Waals surface area (Å²) in [7, 11) is -2.20. The number of amides is 2. The molecule has 0 heterocycles. The fourth-order valence-electron chi connectivity index (χ4n) is 4.48. The third-order valence-electron chi connectivity index (χ3n) is 6.37. The van der Waals surface area contributed by atoms with Gasteiger partial charge in [-0.1, -0.05) is 47.8 Å². The smallest absolute Gasteiger partial charge is 0.244 e. The van der Waals surface area contributed by atoms with Gasteiger partial charge in [-0.05, 0) is 61.2 Å². The number of benzene rings is 2. The van der Waals surface area contributed by atoms with Gasteiger partial charge in [0.2, 0.25) is 21.8 Å². The number of nitrogens with one attached hydrogen (secondary N) is 1. The molecule has 0 aromatic heterocycles. The highest BCUT2D eigenvalue weighted by Crippen LogP contribution is 2.23. The van der Waals surface area contributed by atoms with Crippen LogP contribution in [0.25, 0.3) is 0 Å². The van der Waals surface area contributed by atoms with Crippen LogP contribution < -0.4 is 14.4 Å². The predicted molar refractivity (Wildman–Crippen MR) is 144 cm³/mol. The van der Waals surface area contributed by atoms with Gasteiger partial charge < -0.3 is 15.0 Å². The van der Waals surface area contributed by atoms with Gasteiger partial charge in [-0.15, -0.1) is 0 Å². The lowest BCUT2D eigenvalue weighted by molar-refractivity contribution is -0.140. The van der Waals surface area contributed by atoms with Gasteiger partial charge in [0.05, 0.1) is 19.1 Å². The molecule has 196 valence electrons. The standard InChI is InChI=1S/C26H34BrN3O5S/c1-4-24(26(32)28-21-9-5-6-10-21)29(17-19-8-7-11-23(16-19)35-2)25(31)18-30(36(3,33)34)22-14-12-20(27)13-15-22/h7-8,11-16,21,24H,4-6,9-10,17-18H2,1-3H3,(H,28,32)/t24-/m0/s1. The molecule has 36 heavy (non-hydrogen) atoms. The van der Waals surface area contributed by atoms with E-state index in [0.717, 1.165) is 46.3 Å². The van der Waals surface area contributed by atoms with Crippen LogP contribution in [0.2, 0.25) is 0 Å². The van der Waals surface area contributed by atoms with Crippen LogP contribution >= 0.6 is 15.9 Å². The topological polar surface area (TPSA) is 96.0 Å². The molecule has 0 unspecified atom stereocenters. The van der Waals surface area contributed by atoms with E-state index >= 15 is 0 Å². The van der Waals surface area contributed by atoms with Crippen molar-refractivity contribution in [1.29, 1.82) is 0 Å². The SMILES string of the molecule is CC[C@@H](C(=O)NC1CCCC1)N(Cc1cccc(OC)c1)C(=O)CN(c1ccc(Br)cc1)S(C)(=O)=O. The first-order valence-corrected chi connectivity index (χ1v) is 14.7. The quantitative estimate of drug-likeness (QED) is 0.432. The highest BCUT2D eigenvalue weighted by atomic mass is 79.9. The number of sulfonamides is 1.